The molecular weight excluding hydrogens is 748 g/mol. The molecule has 0 radical (unpaired) electrons. The average Bonchev–Trinajstić information content (AvgIpc) is 2.96. The second-order valence-electron chi connectivity index (χ2n) is 8.92. The number of anilines is 1. The van der Waals surface area contributed by atoms with Crippen molar-refractivity contribution in [3.63, 3.8) is 0 Å². The predicted octanol–water partition coefficient (Wildman–Crippen LogP) is -1.52. The van der Waals surface area contributed by atoms with Gasteiger partial charge in [-0.25, -0.2) is 18.9 Å². The number of aliphatic carboxylic acids is 2. The van der Waals surface area contributed by atoms with Crippen LogP contribution in [0.5, 0.6) is 0 Å². The van der Waals surface area contributed by atoms with Gasteiger partial charge in [-0.15, -0.1) is 0 Å². The Morgan fingerprint density at radius 3 is 1.54 bits per heavy atom. The number of aliphatic hydroxyl groups excluding tert-OH is 2. The number of nitrogens with two attached hydrogens (primary N) is 1. The summed E-state index contributed by atoms with van der Waals surface area (Å²) in [5, 5.41) is 45.6. The van der Waals surface area contributed by atoms with Gasteiger partial charge in [0.2, 0.25) is 0 Å². The van der Waals surface area contributed by atoms with Gasteiger partial charge in [-0.1, -0.05) is 19.6 Å². The van der Waals surface area contributed by atoms with Gasteiger partial charge in [-0.05, 0) is 51.0 Å². The van der Waals surface area contributed by atoms with E-state index in [2.05, 4.69) is 19.9 Å². The van der Waals surface area contributed by atoms with E-state index >= 15 is 0 Å². The van der Waals surface area contributed by atoms with Crippen molar-refractivity contribution >= 4 is 35.5 Å². The van der Waals surface area contributed by atoms with Crippen LogP contribution in [0.4, 0.5) is 47.8 Å². The molecule has 0 aliphatic heterocycles. The van der Waals surface area contributed by atoms with Crippen LogP contribution < -0.4 is 119 Å². The zero-order valence-electron chi connectivity index (χ0n) is 27.6. The molecule has 50 heavy (non-hydrogen) atoms. The van der Waals surface area contributed by atoms with Crippen LogP contribution in [-0.4, -0.2) is 63.1 Å². The molecule has 2 rings (SSSR count). The van der Waals surface area contributed by atoms with Gasteiger partial charge in [0.1, 0.15) is 11.9 Å². The molecule has 0 saturated carbocycles. The summed E-state index contributed by atoms with van der Waals surface area (Å²) in [6, 6.07) is 1.23. The Bertz CT molecular complexity index is 1470. The fourth-order valence-electron chi connectivity index (χ4n) is 3.19. The number of halogens is 7. The molecule has 0 bridgehead atoms. The van der Waals surface area contributed by atoms with Gasteiger partial charge in [0.15, 0.2) is 17.4 Å². The Morgan fingerprint density at radius 1 is 0.900 bits per heavy atom. The van der Waals surface area contributed by atoms with E-state index in [1.54, 1.807) is 0 Å². The van der Waals surface area contributed by atoms with E-state index in [-0.39, 0.29) is 129 Å². The molecule has 4 atom stereocenters. The first-order valence-corrected chi connectivity index (χ1v) is 12.3. The maximum Gasteiger partial charge on any atom is 1.00 e. The van der Waals surface area contributed by atoms with Crippen LogP contribution in [-0.2, 0) is 31.6 Å². The van der Waals surface area contributed by atoms with E-state index in [0.717, 1.165) is 32.0 Å². The molecule has 13 nitrogen and oxygen atoms in total. The van der Waals surface area contributed by atoms with Gasteiger partial charge in [0, 0.05) is 5.69 Å². The van der Waals surface area contributed by atoms with Crippen LogP contribution in [0.25, 0.3) is 9.69 Å². The number of hydrogen-bond acceptors (Lipinski definition) is 9. The molecule has 7 N–H and O–H groups in total. The van der Waals surface area contributed by atoms with Crippen molar-refractivity contribution in [3.05, 3.63) is 75.2 Å². The zero-order valence-corrected chi connectivity index (χ0v) is 32.9. The van der Waals surface area contributed by atoms with E-state index in [0.29, 0.717) is 0 Å². The van der Waals surface area contributed by atoms with Crippen molar-refractivity contribution in [3.8, 4) is 0 Å². The third kappa shape index (κ3) is 19.7. The molecule has 0 aromatic heterocycles. The number of nitrogens with zero attached hydrogens (tertiary/aromatic N) is 2. The van der Waals surface area contributed by atoms with Crippen molar-refractivity contribution in [2.75, 3.05) is 5.32 Å². The van der Waals surface area contributed by atoms with E-state index in [4.69, 9.17) is 44.2 Å². The number of aliphatic hydroxyl groups is 2. The van der Waals surface area contributed by atoms with Gasteiger partial charge in [-0.3, -0.25) is 9.59 Å². The summed E-state index contributed by atoms with van der Waals surface area (Å²) in [6.45, 7) is 17.8. The molecular formula is C28H33F7K2N4O9. The number of carbonyl (C=O) groups is 3. The van der Waals surface area contributed by atoms with Crippen LogP contribution in [0.2, 0.25) is 0 Å². The number of rotatable bonds is 7. The standard InChI is InChI=1S/C13H13F3N2O3.C9H5F4N.C4H9NO3.CH2O3.CH4.2K.H/c1-6-8(18-11(7(2)19)12(20)21)4-5-9(17-3)10(6)13(14,15)16;1-5-6(10)3-4-7(14-2)8(5)9(11,12)13;1-2(6)3(5)4(7)8;2-1-4-3;;;;/h4-5,7,11,18-19H,1-2H3,(H,20,21);3-4H,1H3;2-3,6H,5H2,1H3,(H,7,8);1,3H;1H4;;;/q;;;;;2*+1;-1/p-1/t7-,11+;;2-,3+;;;;;/m0.0...../s1. The maximum absolute atomic E-state index is 13.0. The van der Waals surface area contributed by atoms with E-state index in [9.17, 15) is 45.4 Å². The molecule has 0 aliphatic carbocycles. The van der Waals surface area contributed by atoms with Crippen LogP contribution in [0.15, 0.2) is 24.3 Å². The van der Waals surface area contributed by atoms with Crippen molar-refractivity contribution < 1.29 is 180 Å². The largest absolute Gasteiger partial charge is 1.00 e. The van der Waals surface area contributed by atoms with Crippen molar-refractivity contribution in [1.29, 1.82) is 0 Å². The van der Waals surface area contributed by atoms with Crippen molar-refractivity contribution in [1.82, 2.24) is 0 Å². The third-order valence-corrected chi connectivity index (χ3v) is 5.53. The van der Waals surface area contributed by atoms with E-state index in [1.807, 2.05) is 0 Å². The van der Waals surface area contributed by atoms with E-state index < -0.39 is 82.5 Å². The number of hydrogen-bond donors (Lipinski definition) is 6. The molecule has 0 aliphatic rings. The molecule has 270 valence electrons. The molecule has 0 saturated heterocycles. The second-order valence-corrected chi connectivity index (χ2v) is 8.92. The van der Waals surface area contributed by atoms with Gasteiger partial charge in [0.05, 0.1) is 36.5 Å². The summed E-state index contributed by atoms with van der Waals surface area (Å²) >= 11 is 0. The van der Waals surface area contributed by atoms with Crippen LogP contribution in [0.3, 0.4) is 0 Å². The molecule has 0 spiro atoms. The second kappa shape index (κ2) is 26.9. The Kier molecular flexibility index (Phi) is 31.0. The molecule has 0 unspecified atom stereocenters. The van der Waals surface area contributed by atoms with Gasteiger partial charge in [-0.2, -0.15) is 26.3 Å². The van der Waals surface area contributed by atoms with Crippen molar-refractivity contribution in [2.45, 2.75) is 71.8 Å². The van der Waals surface area contributed by atoms with Gasteiger partial charge < -0.3 is 43.0 Å². The Morgan fingerprint density at radius 2 is 1.28 bits per heavy atom. The minimum atomic E-state index is -4.73. The molecule has 0 fully saturated rings. The minimum Gasteiger partial charge on any atom is -1.00 e. The normalized spacial score (nSPS) is 12.3. The smallest absolute Gasteiger partial charge is 1.00 e. The first-order chi connectivity index (χ1) is 21.4. The Labute approximate surface area is 368 Å². The zero-order chi connectivity index (χ0) is 37.4. The predicted molar refractivity (Wildman–Crippen MR) is 154 cm³/mol. The molecule has 0 amide bonds. The maximum atomic E-state index is 13.0. The number of nitrogens with one attached hydrogen (secondary N) is 1. The Hall–Kier alpha value is -1.75. The number of benzene rings is 2. The average molecular weight is 781 g/mol. The molecule has 0 heterocycles. The quantitative estimate of drug-likeness (QED) is 0.0475. The fourth-order valence-corrected chi connectivity index (χ4v) is 3.19. The summed E-state index contributed by atoms with van der Waals surface area (Å²) < 4.78 is 88.9. The number of carboxylic acid groups (broad SMARTS) is 2. The van der Waals surface area contributed by atoms with Gasteiger partial charge in [0.25, 0.3) is 6.47 Å². The van der Waals surface area contributed by atoms with Crippen LogP contribution in [0, 0.1) is 32.8 Å². The van der Waals surface area contributed by atoms with Crippen LogP contribution in [0.1, 0.15) is 45.0 Å². The summed E-state index contributed by atoms with van der Waals surface area (Å²) in [6.07, 6.45) is -11.7. The summed E-state index contributed by atoms with van der Waals surface area (Å²) in [5.41, 5.74) is 0.556. The first-order valence-electron chi connectivity index (χ1n) is 12.3. The molecule has 2 aromatic carbocycles. The number of carboxylic acids is 2. The van der Waals surface area contributed by atoms with Gasteiger partial charge >= 0.3 is 127 Å². The Balaban J connectivity index is -0.000000147. The number of carbonyl (C=O) groups excluding carboxylic acids is 1. The monoisotopic (exact) mass is 780 g/mol. The summed E-state index contributed by atoms with van der Waals surface area (Å²) in [7, 11) is 0. The molecule has 22 heteroatoms. The van der Waals surface area contributed by atoms with Crippen molar-refractivity contribution in [2.24, 2.45) is 5.73 Å². The topological polar surface area (TPSA) is 211 Å². The summed E-state index contributed by atoms with van der Waals surface area (Å²) in [4.78, 5) is 37.6. The SMILES string of the molecule is C.C[C@H](O)[C@@H](N)C(=O)O.O=CO[O-].[C-]#[N+]c1ccc(F)c(C)c1C(F)(F)F.[C-]#[N+]c1ccc(N[C@@H](C(=O)O)[C@H](C)O)c(C)c1C(F)(F)F.[H-].[K+].[K+]. The first kappa shape index (κ1) is 57.6. The molecule has 2 aromatic rings. The summed E-state index contributed by atoms with van der Waals surface area (Å²) in [5.74, 6) is -3.53. The fraction of sp³-hybridized carbons (Fsp3) is 0.393. The third-order valence-electron chi connectivity index (χ3n) is 5.53. The minimum absolute atomic E-state index is 0. The number of alkyl halides is 6. The van der Waals surface area contributed by atoms with Crippen LogP contribution >= 0.6 is 0 Å². The van der Waals surface area contributed by atoms with E-state index in [1.165, 1.54) is 19.9 Å².